The average Bonchev–Trinajstić information content (AvgIpc) is 3.26. The van der Waals surface area contributed by atoms with E-state index in [-0.39, 0.29) is 11.8 Å². The normalized spacial score (nSPS) is 23.0. The fraction of sp³-hybridized carbons (Fsp3) is 0.450. The first-order valence-electron chi connectivity index (χ1n) is 9.24. The maximum Gasteiger partial charge on any atom is 0.290 e. The second-order valence-electron chi connectivity index (χ2n) is 7.27. The fourth-order valence-corrected chi connectivity index (χ4v) is 4.37. The van der Waals surface area contributed by atoms with Crippen molar-refractivity contribution in [1.82, 2.24) is 19.4 Å². The monoisotopic (exact) mass is 352 g/mol. The van der Waals surface area contributed by atoms with Crippen molar-refractivity contribution in [3.8, 4) is 0 Å². The number of amides is 2. The maximum atomic E-state index is 13.4. The molecule has 1 unspecified atom stereocenters. The molecule has 0 bridgehead atoms. The Bertz CT molecular complexity index is 816. The van der Waals surface area contributed by atoms with Crippen LogP contribution in [0.5, 0.6) is 0 Å². The minimum Gasteiger partial charge on any atom is -0.336 e. The molecule has 1 atom stereocenters. The zero-order valence-electron chi connectivity index (χ0n) is 15.1. The van der Waals surface area contributed by atoms with Crippen molar-refractivity contribution in [1.29, 1.82) is 0 Å². The van der Waals surface area contributed by atoms with Gasteiger partial charge in [0.15, 0.2) is 5.82 Å². The number of piperidine rings is 1. The van der Waals surface area contributed by atoms with E-state index in [0.29, 0.717) is 18.9 Å². The quantitative estimate of drug-likeness (QED) is 0.851. The first-order valence-corrected chi connectivity index (χ1v) is 9.24. The fourth-order valence-electron chi connectivity index (χ4n) is 4.37. The van der Waals surface area contributed by atoms with E-state index in [0.717, 1.165) is 37.8 Å². The summed E-state index contributed by atoms with van der Waals surface area (Å²) in [5, 5.41) is 0. The van der Waals surface area contributed by atoms with Crippen LogP contribution in [0.1, 0.15) is 41.9 Å². The van der Waals surface area contributed by atoms with E-state index in [2.05, 4.69) is 4.98 Å². The second-order valence-corrected chi connectivity index (χ2v) is 7.27. The molecule has 4 rings (SSSR count). The van der Waals surface area contributed by atoms with E-state index >= 15 is 0 Å². The third-order valence-corrected chi connectivity index (χ3v) is 5.67. The van der Waals surface area contributed by atoms with Crippen molar-refractivity contribution in [3.05, 3.63) is 54.1 Å². The van der Waals surface area contributed by atoms with Crippen molar-refractivity contribution in [2.75, 3.05) is 13.1 Å². The molecule has 1 aromatic carbocycles. The van der Waals surface area contributed by atoms with Crippen LogP contribution in [0.25, 0.3) is 0 Å². The Labute approximate surface area is 153 Å². The summed E-state index contributed by atoms with van der Waals surface area (Å²) in [4.78, 5) is 34.4. The molecule has 0 N–H and O–H groups in total. The number of hydrogen-bond donors (Lipinski definition) is 0. The summed E-state index contributed by atoms with van der Waals surface area (Å²) >= 11 is 0. The number of nitrogens with zero attached hydrogens (tertiary/aromatic N) is 4. The molecule has 2 aromatic rings. The van der Waals surface area contributed by atoms with E-state index in [1.54, 1.807) is 21.9 Å². The lowest BCUT2D eigenvalue weighted by Crippen LogP contribution is -2.61. The zero-order chi connectivity index (χ0) is 18.1. The topological polar surface area (TPSA) is 58.4 Å². The molecule has 136 valence electrons. The van der Waals surface area contributed by atoms with Crippen LogP contribution < -0.4 is 0 Å². The molecule has 1 aromatic heterocycles. The Morgan fingerprint density at radius 1 is 1.15 bits per heavy atom. The predicted octanol–water partition coefficient (Wildman–Crippen LogP) is 2.22. The first-order chi connectivity index (χ1) is 12.6. The average molecular weight is 352 g/mol. The van der Waals surface area contributed by atoms with Gasteiger partial charge < -0.3 is 14.4 Å². The standard InChI is InChI=1S/C20H24N4O2/c1-22-14-11-21-17(22)18(25)24-13-6-10-20(24)9-5-12-23(19(20)26)15-16-7-3-2-4-8-16/h2-4,7-8,11,14H,5-6,9-10,12-13,15H2,1H3. The van der Waals surface area contributed by atoms with E-state index in [1.807, 2.05) is 42.3 Å². The van der Waals surface area contributed by atoms with E-state index < -0.39 is 5.54 Å². The van der Waals surface area contributed by atoms with Gasteiger partial charge in [0.25, 0.3) is 5.91 Å². The summed E-state index contributed by atoms with van der Waals surface area (Å²) in [6, 6.07) is 10.0. The van der Waals surface area contributed by atoms with Gasteiger partial charge in [0, 0.05) is 39.1 Å². The van der Waals surface area contributed by atoms with E-state index in [1.165, 1.54) is 0 Å². The summed E-state index contributed by atoms with van der Waals surface area (Å²) in [7, 11) is 1.81. The second kappa shape index (κ2) is 6.59. The third kappa shape index (κ3) is 2.69. The van der Waals surface area contributed by atoms with Crippen LogP contribution in [-0.2, 0) is 18.4 Å². The molecule has 2 aliphatic heterocycles. The number of hydrogen-bond acceptors (Lipinski definition) is 3. The number of likely N-dealkylation sites (tertiary alicyclic amines) is 2. The molecule has 2 fully saturated rings. The van der Waals surface area contributed by atoms with Crippen molar-refractivity contribution >= 4 is 11.8 Å². The molecule has 0 aliphatic carbocycles. The number of rotatable bonds is 3. The molecule has 6 heteroatoms. The Morgan fingerprint density at radius 3 is 2.58 bits per heavy atom. The van der Waals surface area contributed by atoms with Gasteiger partial charge in [-0.05, 0) is 31.2 Å². The number of aromatic nitrogens is 2. The number of carbonyl (C=O) groups excluding carboxylic acids is 2. The van der Waals surface area contributed by atoms with E-state index in [4.69, 9.17) is 0 Å². The van der Waals surface area contributed by atoms with Crippen LogP contribution in [0.4, 0.5) is 0 Å². The highest BCUT2D eigenvalue weighted by Gasteiger charge is 2.53. The summed E-state index contributed by atoms with van der Waals surface area (Å²) in [6.45, 7) is 1.97. The molecule has 2 amide bonds. The molecular formula is C20H24N4O2. The summed E-state index contributed by atoms with van der Waals surface area (Å²) in [5.41, 5.74) is 0.425. The van der Waals surface area contributed by atoms with Gasteiger partial charge in [-0.2, -0.15) is 0 Å². The van der Waals surface area contributed by atoms with Crippen LogP contribution >= 0.6 is 0 Å². The van der Waals surface area contributed by atoms with Gasteiger partial charge in [0.05, 0.1) is 0 Å². The number of carbonyl (C=O) groups is 2. The van der Waals surface area contributed by atoms with Crippen molar-refractivity contribution in [2.45, 2.75) is 37.8 Å². The molecule has 2 saturated heterocycles. The molecule has 26 heavy (non-hydrogen) atoms. The van der Waals surface area contributed by atoms with Gasteiger partial charge in [-0.15, -0.1) is 0 Å². The SMILES string of the molecule is Cn1ccnc1C(=O)N1CCCC12CCCN(Cc1ccccc1)C2=O. The Morgan fingerprint density at radius 2 is 1.88 bits per heavy atom. The van der Waals surface area contributed by atoms with Crippen LogP contribution in [0.2, 0.25) is 0 Å². The largest absolute Gasteiger partial charge is 0.336 e. The zero-order valence-corrected chi connectivity index (χ0v) is 15.1. The van der Waals surface area contributed by atoms with Crippen LogP contribution in [0, 0.1) is 0 Å². The van der Waals surface area contributed by atoms with Gasteiger partial charge >= 0.3 is 0 Å². The summed E-state index contributed by atoms with van der Waals surface area (Å²) in [6.07, 6.45) is 6.66. The lowest BCUT2D eigenvalue weighted by atomic mass is 9.85. The highest BCUT2D eigenvalue weighted by Crippen LogP contribution is 2.39. The molecular weight excluding hydrogens is 328 g/mol. The molecule has 3 heterocycles. The minimum absolute atomic E-state index is 0.0904. The third-order valence-electron chi connectivity index (χ3n) is 5.67. The summed E-state index contributed by atoms with van der Waals surface area (Å²) in [5.74, 6) is 0.358. The predicted molar refractivity (Wildman–Crippen MR) is 97.3 cm³/mol. The summed E-state index contributed by atoms with van der Waals surface area (Å²) < 4.78 is 1.73. The lowest BCUT2D eigenvalue weighted by molar-refractivity contribution is -0.146. The highest BCUT2D eigenvalue weighted by atomic mass is 16.2. The Kier molecular flexibility index (Phi) is 4.26. The van der Waals surface area contributed by atoms with Gasteiger partial charge in [-0.1, -0.05) is 30.3 Å². The van der Waals surface area contributed by atoms with Crippen molar-refractivity contribution < 1.29 is 9.59 Å². The van der Waals surface area contributed by atoms with Gasteiger partial charge in [-0.25, -0.2) is 4.98 Å². The van der Waals surface area contributed by atoms with Crippen LogP contribution in [0.15, 0.2) is 42.7 Å². The van der Waals surface area contributed by atoms with E-state index in [9.17, 15) is 9.59 Å². The van der Waals surface area contributed by atoms with Crippen LogP contribution in [0.3, 0.4) is 0 Å². The molecule has 2 aliphatic rings. The number of imidazole rings is 1. The number of aryl methyl sites for hydroxylation is 1. The van der Waals surface area contributed by atoms with Crippen LogP contribution in [-0.4, -0.2) is 49.8 Å². The molecule has 1 spiro atoms. The van der Waals surface area contributed by atoms with Gasteiger partial charge in [-0.3, -0.25) is 9.59 Å². The van der Waals surface area contributed by atoms with Gasteiger partial charge in [0.1, 0.15) is 5.54 Å². The number of benzene rings is 1. The smallest absolute Gasteiger partial charge is 0.290 e. The molecule has 0 radical (unpaired) electrons. The first kappa shape index (κ1) is 16.8. The van der Waals surface area contributed by atoms with Crippen molar-refractivity contribution in [2.24, 2.45) is 7.05 Å². The van der Waals surface area contributed by atoms with Crippen molar-refractivity contribution in [3.63, 3.8) is 0 Å². The lowest BCUT2D eigenvalue weighted by Gasteiger charge is -2.44. The minimum atomic E-state index is -0.698. The highest BCUT2D eigenvalue weighted by molar-refractivity contribution is 5.98. The molecule has 0 saturated carbocycles. The van der Waals surface area contributed by atoms with Gasteiger partial charge in [0.2, 0.25) is 5.91 Å². The Balaban J connectivity index is 1.60. The molecule has 6 nitrogen and oxygen atoms in total. The maximum absolute atomic E-state index is 13.4. The Hall–Kier alpha value is -2.63.